The van der Waals surface area contributed by atoms with Gasteiger partial charge in [0.25, 0.3) is 0 Å². The van der Waals surface area contributed by atoms with Gasteiger partial charge in [-0.3, -0.25) is 0 Å². The molecule has 0 aliphatic heterocycles. The van der Waals surface area contributed by atoms with Crippen molar-refractivity contribution in [1.82, 2.24) is 0 Å². The maximum absolute atomic E-state index is 9.02. The van der Waals surface area contributed by atoms with Crippen LogP contribution >= 0.6 is 47.8 Å². The summed E-state index contributed by atoms with van der Waals surface area (Å²) in [6.45, 7) is 0. The average molecular weight is 425 g/mol. The van der Waals surface area contributed by atoms with Crippen LogP contribution in [-0.2, 0) is 0 Å². The third kappa shape index (κ3) is 4.69. The van der Waals surface area contributed by atoms with E-state index in [0.29, 0.717) is 4.47 Å². The molecule has 2 N–H and O–H groups in total. The Balaban J connectivity index is 0.000000171. The van der Waals surface area contributed by atoms with E-state index in [2.05, 4.69) is 47.8 Å². The van der Waals surface area contributed by atoms with Crippen LogP contribution < -0.4 is 0 Å². The van der Waals surface area contributed by atoms with E-state index in [-0.39, 0.29) is 11.5 Å². The number of hydrogen-bond donors (Lipinski definition) is 2. The van der Waals surface area contributed by atoms with Gasteiger partial charge in [-0.15, -0.1) is 0 Å². The van der Waals surface area contributed by atoms with Gasteiger partial charge in [0.05, 0.1) is 8.95 Å². The molecule has 0 atom stereocenters. The Bertz CT molecular complexity index is 460. The Morgan fingerprint density at radius 1 is 0.647 bits per heavy atom. The first kappa shape index (κ1) is 14.5. The number of para-hydroxylation sites is 1. The molecule has 2 aromatic rings. The second-order valence-corrected chi connectivity index (χ2v) is 5.53. The smallest absolute Gasteiger partial charge is 0.130 e. The summed E-state index contributed by atoms with van der Waals surface area (Å²) in [6.07, 6.45) is 0. The van der Waals surface area contributed by atoms with E-state index in [0.717, 1.165) is 8.95 Å². The van der Waals surface area contributed by atoms with E-state index in [1.54, 1.807) is 30.3 Å². The number of phenolic OH excluding ortho intramolecular Hbond substituents is 2. The predicted molar refractivity (Wildman–Crippen MR) is 79.3 cm³/mol. The van der Waals surface area contributed by atoms with E-state index < -0.39 is 0 Å². The topological polar surface area (TPSA) is 40.5 Å². The molecule has 2 aromatic carbocycles. The summed E-state index contributed by atoms with van der Waals surface area (Å²) >= 11 is 9.57. The molecule has 0 amide bonds. The molecule has 0 aliphatic rings. The molecule has 0 aromatic heterocycles. The van der Waals surface area contributed by atoms with Gasteiger partial charge < -0.3 is 10.2 Å². The van der Waals surface area contributed by atoms with E-state index in [1.807, 2.05) is 12.1 Å². The van der Waals surface area contributed by atoms with Gasteiger partial charge in [-0.05, 0) is 72.1 Å². The molecule has 2 rings (SSSR count). The zero-order valence-corrected chi connectivity index (χ0v) is 13.3. The Hall–Kier alpha value is -0.520. The number of benzene rings is 2. The summed E-state index contributed by atoms with van der Waals surface area (Å²) in [4.78, 5) is 0. The summed E-state index contributed by atoms with van der Waals surface area (Å²) in [5, 5.41) is 17.9. The van der Waals surface area contributed by atoms with Crippen molar-refractivity contribution in [2.24, 2.45) is 0 Å². The second kappa shape index (κ2) is 7.03. The quantitative estimate of drug-likeness (QED) is 0.619. The summed E-state index contributed by atoms with van der Waals surface area (Å²) in [5.41, 5.74) is 0. The van der Waals surface area contributed by atoms with Crippen molar-refractivity contribution in [3.8, 4) is 11.5 Å². The van der Waals surface area contributed by atoms with Gasteiger partial charge in [0.15, 0.2) is 0 Å². The lowest BCUT2D eigenvalue weighted by atomic mass is 10.3. The highest BCUT2D eigenvalue weighted by Gasteiger charge is 1.98. The molecule has 0 radical (unpaired) electrons. The highest BCUT2D eigenvalue weighted by molar-refractivity contribution is 9.13. The summed E-state index contributed by atoms with van der Waals surface area (Å²) in [7, 11) is 0. The number of halogens is 3. The van der Waals surface area contributed by atoms with Crippen LogP contribution in [-0.4, -0.2) is 10.2 Å². The molecule has 90 valence electrons. The highest BCUT2D eigenvalue weighted by Crippen LogP contribution is 2.30. The Kier molecular flexibility index (Phi) is 6.02. The molecule has 0 fully saturated rings. The molecule has 0 saturated carbocycles. The van der Waals surface area contributed by atoms with Crippen molar-refractivity contribution in [2.75, 3.05) is 0 Å². The van der Waals surface area contributed by atoms with Crippen LogP contribution in [0.5, 0.6) is 11.5 Å². The van der Waals surface area contributed by atoms with Gasteiger partial charge in [0, 0.05) is 4.47 Å². The van der Waals surface area contributed by atoms with Crippen molar-refractivity contribution in [3.05, 3.63) is 55.9 Å². The van der Waals surface area contributed by atoms with Crippen LogP contribution in [0.2, 0.25) is 0 Å². The largest absolute Gasteiger partial charge is 0.507 e. The molecular weight excluding hydrogens is 416 g/mol. The lowest BCUT2D eigenvalue weighted by Gasteiger charge is -1.95. The molecule has 5 heteroatoms. The van der Waals surface area contributed by atoms with Gasteiger partial charge in [-0.25, -0.2) is 0 Å². The van der Waals surface area contributed by atoms with Crippen molar-refractivity contribution >= 4 is 47.8 Å². The predicted octanol–water partition coefficient (Wildman–Crippen LogP) is 5.07. The molecule has 0 aliphatic carbocycles. The molecule has 0 saturated heterocycles. The molecule has 0 unspecified atom stereocenters. The molecule has 0 heterocycles. The minimum absolute atomic E-state index is 0.254. The fourth-order valence-corrected chi connectivity index (χ4v) is 1.85. The third-order valence-electron chi connectivity index (χ3n) is 1.78. The number of hydrogen-bond acceptors (Lipinski definition) is 2. The summed E-state index contributed by atoms with van der Waals surface area (Å²) < 4.78 is 2.30. The van der Waals surface area contributed by atoms with Crippen LogP contribution in [0.3, 0.4) is 0 Å². The molecule has 0 spiro atoms. The first-order valence-electron chi connectivity index (χ1n) is 4.59. The zero-order valence-electron chi connectivity index (χ0n) is 8.57. The lowest BCUT2D eigenvalue weighted by molar-refractivity contribution is 0.471. The fraction of sp³-hybridized carbons (Fsp3) is 0. The van der Waals surface area contributed by atoms with Crippen LogP contribution in [0.25, 0.3) is 0 Å². The molecule has 0 bridgehead atoms. The first-order valence-corrected chi connectivity index (χ1v) is 6.96. The van der Waals surface area contributed by atoms with Gasteiger partial charge in [0.1, 0.15) is 11.5 Å². The van der Waals surface area contributed by atoms with Crippen molar-refractivity contribution < 1.29 is 10.2 Å². The maximum atomic E-state index is 9.02. The summed E-state index contributed by atoms with van der Waals surface area (Å²) in [6, 6.07) is 12.3. The summed E-state index contributed by atoms with van der Waals surface area (Å²) in [5.74, 6) is 0.539. The zero-order chi connectivity index (χ0) is 12.8. The monoisotopic (exact) mass is 422 g/mol. The third-order valence-corrected chi connectivity index (χ3v) is 4.48. The van der Waals surface area contributed by atoms with Crippen molar-refractivity contribution in [2.45, 2.75) is 0 Å². The number of phenols is 2. The Morgan fingerprint density at radius 3 is 1.59 bits per heavy atom. The second-order valence-electron chi connectivity index (χ2n) is 3.02. The SMILES string of the molecule is Oc1cccc(Br)c1Br.Oc1ccccc1Br. The van der Waals surface area contributed by atoms with Crippen LogP contribution in [0.15, 0.2) is 55.9 Å². The van der Waals surface area contributed by atoms with Gasteiger partial charge in [0.2, 0.25) is 0 Å². The minimum atomic E-state index is 0.254. The van der Waals surface area contributed by atoms with E-state index in [9.17, 15) is 0 Å². The molecular formula is C12H9Br3O2. The van der Waals surface area contributed by atoms with Crippen LogP contribution in [0.4, 0.5) is 0 Å². The standard InChI is InChI=1S/C6H4Br2O.C6H5BrO/c7-4-2-1-3-5(9)6(4)8;7-5-3-1-2-4-6(5)8/h1-3,9H;1-4,8H. The fourth-order valence-electron chi connectivity index (χ4n) is 0.944. The van der Waals surface area contributed by atoms with E-state index in [1.165, 1.54) is 0 Å². The van der Waals surface area contributed by atoms with Crippen molar-refractivity contribution in [3.63, 3.8) is 0 Å². The van der Waals surface area contributed by atoms with Gasteiger partial charge in [-0.1, -0.05) is 18.2 Å². The number of aromatic hydroxyl groups is 2. The normalized spacial score (nSPS) is 9.35. The Labute approximate surface area is 125 Å². The van der Waals surface area contributed by atoms with Crippen LogP contribution in [0, 0.1) is 0 Å². The minimum Gasteiger partial charge on any atom is -0.507 e. The van der Waals surface area contributed by atoms with E-state index >= 15 is 0 Å². The molecule has 2 nitrogen and oxygen atoms in total. The van der Waals surface area contributed by atoms with E-state index in [4.69, 9.17) is 10.2 Å². The van der Waals surface area contributed by atoms with Crippen LogP contribution in [0.1, 0.15) is 0 Å². The van der Waals surface area contributed by atoms with Gasteiger partial charge >= 0.3 is 0 Å². The number of rotatable bonds is 0. The molecule has 17 heavy (non-hydrogen) atoms. The lowest BCUT2D eigenvalue weighted by Crippen LogP contribution is -1.68. The Morgan fingerprint density at radius 2 is 1.18 bits per heavy atom. The maximum Gasteiger partial charge on any atom is 0.130 e. The highest BCUT2D eigenvalue weighted by atomic mass is 79.9. The first-order chi connectivity index (χ1) is 8.02. The van der Waals surface area contributed by atoms with Gasteiger partial charge in [-0.2, -0.15) is 0 Å². The van der Waals surface area contributed by atoms with Crippen molar-refractivity contribution in [1.29, 1.82) is 0 Å². The average Bonchev–Trinajstić information content (AvgIpc) is 2.31.